The molecule has 29 heavy (non-hydrogen) atoms. The van der Waals surface area contributed by atoms with E-state index in [9.17, 15) is 9.59 Å². The number of methoxy groups -OCH3 is 1. The summed E-state index contributed by atoms with van der Waals surface area (Å²) in [5, 5.41) is 0.215. The van der Waals surface area contributed by atoms with Crippen LogP contribution in [-0.2, 0) is 4.74 Å². The Morgan fingerprint density at radius 2 is 1.83 bits per heavy atom. The average molecular weight is 421 g/mol. The van der Waals surface area contributed by atoms with E-state index in [0.717, 1.165) is 6.42 Å². The van der Waals surface area contributed by atoms with Gasteiger partial charge < -0.3 is 23.7 Å². The summed E-state index contributed by atoms with van der Waals surface area (Å²) in [5.41, 5.74) is 0.520. The fraction of sp³-hybridized carbons (Fsp3) is 0.333. The SMILES string of the molecule is CCOc1c(Cl)cc(C(=O)OCC(=O)c2ccc3c(c2)OCCCO3)cc1OC. The molecule has 154 valence electrons. The number of Topliss-reactive ketones (excluding diaryl/α,β-unsaturated/α-hetero) is 1. The molecule has 0 aromatic heterocycles. The molecule has 8 heteroatoms. The van der Waals surface area contributed by atoms with Crippen molar-refractivity contribution in [3.8, 4) is 23.0 Å². The van der Waals surface area contributed by atoms with Crippen LogP contribution in [-0.4, -0.2) is 45.3 Å². The first-order chi connectivity index (χ1) is 14.0. The molecular weight excluding hydrogens is 400 g/mol. The van der Waals surface area contributed by atoms with Gasteiger partial charge in [0.25, 0.3) is 0 Å². The summed E-state index contributed by atoms with van der Waals surface area (Å²) < 4.78 is 26.9. The number of esters is 1. The normalized spacial score (nSPS) is 12.7. The lowest BCUT2D eigenvalue weighted by atomic mass is 10.1. The van der Waals surface area contributed by atoms with Crippen LogP contribution in [0.25, 0.3) is 0 Å². The molecule has 0 spiro atoms. The van der Waals surface area contributed by atoms with Crippen molar-refractivity contribution in [2.45, 2.75) is 13.3 Å². The summed E-state index contributed by atoms with van der Waals surface area (Å²) in [6, 6.07) is 7.74. The number of carbonyl (C=O) groups excluding carboxylic acids is 2. The summed E-state index contributed by atoms with van der Waals surface area (Å²) in [6.07, 6.45) is 0.768. The van der Waals surface area contributed by atoms with Crippen LogP contribution in [0.1, 0.15) is 34.1 Å². The van der Waals surface area contributed by atoms with Gasteiger partial charge in [0, 0.05) is 12.0 Å². The first kappa shape index (κ1) is 20.8. The second-order valence-electron chi connectivity index (χ2n) is 6.13. The molecule has 0 fully saturated rings. The van der Waals surface area contributed by atoms with Crippen molar-refractivity contribution < 1.29 is 33.3 Å². The van der Waals surface area contributed by atoms with Crippen molar-refractivity contribution in [3.05, 3.63) is 46.5 Å². The van der Waals surface area contributed by atoms with Gasteiger partial charge in [-0.05, 0) is 37.3 Å². The van der Waals surface area contributed by atoms with E-state index in [2.05, 4.69) is 0 Å². The largest absolute Gasteiger partial charge is 0.493 e. The Morgan fingerprint density at radius 1 is 1.07 bits per heavy atom. The number of ether oxygens (including phenoxy) is 5. The maximum atomic E-state index is 12.4. The van der Waals surface area contributed by atoms with Gasteiger partial charge in [-0.15, -0.1) is 0 Å². The zero-order valence-electron chi connectivity index (χ0n) is 16.2. The number of halogens is 1. The van der Waals surface area contributed by atoms with Crippen LogP contribution in [0.3, 0.4) is 0 Å². The number of hydrogen-bond acceptors (Lipinski definition) is 7. The highest BCUT2D eigenvalue weighted by molar-refractivity contribution is 6.32. The van der Waals surface area contributed by atoms with Crippen molar-refractivity contribution in [2.24, 2.45) is 0 Å². The predicted molar refractivity (Wildman–Crippen MR) is 106 cm³/mol. The number of benzene rings is 2. The molecule has 0 saturated heterocycles. The van der Waals surface area contributed by atoms with Crippen molar-refractivity contribution in [1.29, 1.82) is 0 Å². The monoisotopic (exact) mass is 420 g/mol. The summed E-state index contributed by atoms with van der Waals surface area (Å²) in [7, 11) is 1.44. The third-order valence-corrected chi connectivity index (χ3v) is 4.44. The highest BCUT2D eigenvalue weighted by Gasteiger charge is 2.19. The molecule has 0 unspecified atom stereocenters. The molecule has 2 aromatic rings. The Balaban J connectivity index is 1.68. The molecule has 1 heterocycles. The zero-order chi connectivity index (χ0) is 20.8. The van der Waals surface area contributed by atoms with E-state index in [1.54, 1.807) is 18.2 Å². The summed E-state index contributed by atoms with van der Waals surface area (Å²) in [5.74, 6) is 0.681. The lowest BCUT2D eigenvalue weighted by molar-refractivity contribution is 0.0474. The van der Waals surface area contributed by atoms with E-state index >= 15 is 0 Å². The van der Waals surface area contributed by atoms with Crippen LogP contribution in [0.15, 0.2) is 30.3 Å². The fourth-order valence-electron chi connectivity index (χ4n) is 2.76. The number of hydrogen-bond donors (Lipinski definition) is 0. The van der Waals surface area contributed by atoms with Crippen molar-refractivity contribution in [2.75, 3.05) is 33.5 Å². The van der Waals surface area contributed by atoms with Crippen LogP contribution in [0.4, 0.5) is 0 Å². The summed E-state index contributed by atoms with van der Waals surface area (Å²) >= 11 is 6.17. The molecule has 0 saturated carbocycles. The minimum atomic E-state index is -0.698. The molecule has 3 rings (SSSR count). The van der Waals surface area contributed by atoms with Crippen LogP contribution in [0, 0.1) is 0 Å². The fourth-order valence-corrected chi connectivity index (χ4v) is 3.02. The van der Waals surface area contributed by atoms with Gasteiger partial charge in [0.1, 0.15) is 0 Å². The van der Waals surface area contributed by atoms with Crippen molar-refractivity contribution in [1.82, 2.24) is 0 Å². The molecule has 7 nitrogen and oxygen atoms in total. The maximum absolute atomic E-state index is 12.4. The van der Waals surface area contributed by atoms with E-state index in [0.29, 0.717) is 48.4 Å². The van der Waals surface area contributed by atoms with Gasteiger partial charge in [0.15, 0.2) is 35.4 Å². The molecule has 1 aliphatic rings. The molecule has 0 amide bonds. The Hall–Kier alpha value is -2.93. The Kier molecular flexibility index (Phi) is 6.82. The van der Waals surface area contributed by atoms with Crippen molar-refractivity contribution in [3.63, 3.8) is 0 Å². The maximum Gasteiger partial charge on any atom is 0.338 e. The molecule has 2 aromatic carbocycles. The lowest BCUT2D eigenvalue weighted by Crippen LogP contribution is -2.14. The van der Waals surface area contributed by atoms with Gasteiger partial charge in [-0.3, -0.25) is 4.79 Å². The van der Waals surface area contributed by atoms with Crippen LogP contribution in [0.2, 0.25) is 5.02 Å². The molecule has 0 radical (unpaired) electrons. The van der Waals surface area contributed by atoms with Crippen LogP contribution in [0.5, 0.6) is 23.0 Å². The number of rotatable bonds is 7. The van der Waals surface area contributed by atoms with E-state index in [1.807, 2.05) is 6.92 Å². The minimum absolute atomic E-state index is 0.154. The van der Waals surface area contributed by atoms with E-state index in [4.69, 9.17) is 35.3 Å². The zero-order valence-corrected chi connectivity index (χ0v) is 16.9. The third kappa shape index (κ3) is 4.92. The Bertz CT molecular complexity index is 910. The molecule has 0 bridgehead atoms. The van der Waals surface area contributed by atoms with Crippen LogP contribution < -0.4 is 18.9 Å². The molecule has 0 atom stereocenters. The molecule has 0 N–H and O–H groups in total. The first-order valence-corrected chi connectivity index (χ1v) is 9.51. The van der Waals surface area contributed by atoms with Gasteiger partial charge in [-0.2, -0.15) is 0 Å². The predicted octanol–water partition coefficient (Wildman–Crippen LogP) is 3.95. The minimum Gasteiger partial charge on any atom is -0.493 e. The van der Waals surface area contributed by atoms with Crippen molar-refractivity contribution >= 4 is 23.4 Å². The lowest BCUT2D eigenvalue weighted by Gasteiger charge is -2.13. The summed E-state index contributed by atoms with van der Waals surface area (Å²) in [4.78, 5) is 24.8. The Morgan fingerprint density at radius 3 is 2.55 bits per heavy atom. The topological polar surface area (TPSA) is 80.3 Å². The smallest absolute Gasteiger partial charge is 0.338 e. The first-order valence-electron chi connectivity index (χ1n) is 9.13. The second kappa shape index (κ2) is 9.52. The Labute approximate surface area is 173 Å². The third-order valence-electron chi connectivity index (χ3n) is 4.16. The highest BCUT2D eigenvalue weighted by atomic mass is 35.5. The molecule has 0 aliphatic carbocycles. The van der Waals surface area contributed by atoms with Gasteiger partial charge in [0.2, 0.25) is 0 Å². The standard InChI is InChI=1S/C21H21ClO7/c1-3-26-20-15(22)9-14(11-19(20)25-2)21(24)29-12-16(23)13-5-6-17-18(10-13)28-8-4-7-27-17/h5-6,9-11H,3-4,7-8,12H2,1-2H3. The van der Waals surface area contributed by atoms with E-state index in [-0.39, 0.29) is 16.4 Å². The number of fused-ring (bicyclic) bond motifs is 1. The van der Waals surface area contributed by atoms with Gasteiger partial charge in [0.05, 0.1) is 37.5 Å². The van der Waals surface area contributed by atoms with E-state index < -0.39 is 12.6 Å². The van der Waals surface area contributed by atoms with Gasteiger partial charge in [-0.1, -0.05) is 11.6 Å². The van der Waals surface area contributed by atoms with Gasteiger partial charge in [-0.25, -0.2) is 4.79 Å². The average Bonchev–Trinajstić information content (AvgIpc) is 2.97. The number of carbonyl (C=O) groups is 2. The second-order valence-corrected chi connectivity index (χ2v) is 6.54. The summed E-state index contributed by atoms with van der Waals surface area (Å²) in [6.45, 7) is 2.85. The quantitative estimate of drug-likeness (QED) is 0.495. The number of ketones is 1. The van der Waals surface area contributed by atoms with Crippen LogP contribution >= 0.6 is 11.6 Å². The molecular formula is C21H21ClO7. The van der Waals surface area contributed by atoms with Gasteiger partial charge >= 0.3 is 5.97 Å². The molecule has 1 aliphatic heterocycles. The highest BCUT2D eigenvalue weighted by Crippen LogP contribution is 2.36. The van der Waals surface area contributed by atoms with E-state index in [1.165, 1.54) is 19.2 Å².